The maximum atomic E-state index is 5.30. The van der Waals surface area contributed by atoms with E-state index in [-0.39, 0.29) is 0 Å². The quantitative estimate of drug-likeness (QED) is 0.619. The van der Waals surface area contributed by atoms with E-state index in [0.29, 0.717) is 11.3 Å². The van der Waals surface area contributed by atoms with Gasteiger partial charge in [0.25, 0.3) is 0 Å². The molecule has 0 N–H and O–H groups in total. The summed E-state index contributed by atoms with van der Waals surface area (Å²) < 4.78 is 10.6. The second-order valence-corrected chi connectivity index (χ2v) is 6.46. The van der Waals surface area contributed by atoms with Crippen LogP contribution in [0.5, 0.6) is 0 Å². The van der Waals surface area contributed by atoms with Crippen LogP contribution in [0.15, 0.2) is 0 Å². The van der Waals surface area contributed by atoms with Gasteiger partial charge in [0.05, 0.1) is 0 Å². The minimum absolute atomic E-state index is 0.336. The van der Waals surface area contributed by atoms with Crippen LogP contribution in [0.4, 0.5) is 0 Å². The molecule has 0 saturated heterocycles. The van der Waals surface area contributed by atoms with E-state index in [1.54, 1.807) is 14.2 Å². The van der Waals surface area contributed by atoms with E-state index in [4.69, 9.17) is 8.85 Å². The predicted molar refractivity (Wildman–Crippen MR) is 54.6 cm³/mol. The lowest BCUT2D eigenvalue weighted by Crippen LogP contribution is -2.30. The van der Waals surface area contributed by atoms with Gasteiger partial charge in [0.1, 0.15) is 0 Å². The average Bonchev–Trinajstić information content (AvgIpc) is 2.00. The average molecular weight is 190 g/mol. The molecular formula is C9H22O2Si. The molecule has 0 aliphatic carbocycles. The minimum Gasteiger partial charge on any atom is -0.400 e. The highest BCUT2D eigenvalue weighted by Crippen LogP contribution is 2.32. The molecular weight excluding hydrogens is 168 g/mol. The van der Waals surface area contributed by atoms with Crippen LogP contribution in [0.3, 0.4) is 0 Å². The summed E-state index contributed by atoms with van der Waals surface area (Å²) in [6.07, 6.45) is 0. The Morgan fingerprint density at radius 3 is 1.83 bits per heavy atom. The van der Waals surface area contributed by atoms with Gasteiger partial charge in [-0.3, -0.25) is 0 Å². The van der Waals surface area contributed by atoms with E-state index in [1.807, 2.05) is 0 Å². The van der Waals surface area contributed by atoms with Crippen molar-refractivity contribution in [3.63, 3.8) is 0 Å². The molecule has 0 aliphatic rings. The van der Waals surface area contributed by atoms with Crippen LogP contribution in [0.2, 0.25) is 6.04 Å². The molecule has 0 saturated carbocycles. The normalized spacial score (nSPS) is 13.0. The maximum Gasteiger partial charge on any atom is 0.321 e. The van der Waals surface area contributed by atoms with E-state index in [0.717, 1.165) is 6.04 Å². The van der Waals surface area contributed by atoms with Gasteiger partial charge >= 0.3 is 9.28 Å². The van der Waals surface area contributed by atoms with Crippen molar-refractivity contribution < 1.29 is 8.85 Å². The van der Waals surface area contributed by atoms with Gasteiger partial charge < -0.3 is 8.85 Å². The van der Waals surface area contributed by atoms with Crippen molar-refractivity contribution in [3.8, 4) is 0 Å². The fraction of sp³-hybridized carbons (Fsp3) is 1.00. The lowest BCUT2D eigenvalue weighted by molar-refractivity contribution is 0.221. The summed E-state index contributed by atoms with van der Waals surface area (Å²) in [6, 6.07) is 1.08. The van der Waals surface area contributed by atoms with Gasteiger partial charge in [-0.1, -0.05) is 27.7 Å². The molecule has 0 aromatic heterocycles. The van der Waals surface area contributed by atoms with Gasteiger partial charge in [-0.2, -0.15) is 0 Å². The largest absolute Gasteiger partial charge is 0.400 e. The van der Waals surface area contributed by atoms with Gasteiger partial charge in [0, 0.05) is 14.2 Å². The molecule has 0 radical (unpaired) electrons. The van der Waals surface area contributed by atoms with Gasteiger partial charge in [0.2, 0.25) is 0 Å². The second kappa shape index (κ2) is 4.99. The van der Waals surface area contributed by atoms with E-state index in [1.165, 1.54) is 0 Å². The Kier molecular flexibility index (Phi) is 5.05. The number of hydrogen-bond acceptors (Lipinski definition) is 2. The molecule has 0 bridgehead atoms. The lowest BCUT2D eigenvalue weighted by Gasteiger charge is -2.31. The van der Waals surface area contributed by atoms with Crippen molar-refractivity contribution in [2.45, 2.75) is 33.7 Å². The molecule has 0 amide bonds. The monoisotopic (exact) mass is 190 g/mol. The Morgan fingerprint density at radius 1 is 1.17 bits per heavy atom. The maximum absolute atomic E-state index is 5.30. The van der Waals surface area contributed by atoms with Crippen molar-refractivity contribution in [3.05, 3.63) is 0 Å². The van der Waals surface area contributed by atoms with Crippen LogP contribution in [0.25, 0.3) is 0 Å². The summed E-state index contributed by atoms with van der Waals surface area (Å²) >= 11 is 0. The Bertz CT molecular complexity index is 120. The molecule has 0 heterocycles. The number of rotatable bonds is 5. The third kappa shape index (κ3) is 3.69. The summed E-state index contributed by atoms with van der Waals surface area (Å²) in [6.45, 7) is 9.04. The Labute approximate surface area is 78.1 Å². The zero-order chi connectivity index (χ0) is 9.78. The fourth-order valence-corrected chi connectivity index (χ4v) is 2.78. The molecule has 0 spiro atoms. The molecule has 12 heavy (non-hydrogen) atoms. The molecule has 3 heteroatoms. The lowest BCUT2D eigenvalue weighted by atomic mass is 9.83. The molecule has 2 nitrogen and oxygen atoms in total. The first-order valence-electron chi connectivity index (χ1n) is 4.49. The predicted octanol–water partition coefficient (Wildman–Crippen LogP) is 2.18. The Hall–Kier alpha value is 0.137. The van der Waals surface area contributed by atoms with Crippen LogP contribution in [0.1, 0.15) is 27.7 Å². The van der Waals surface area contributed by atoms with Crippen molar-refractivity contribution in [2.75, 3.05) is 14.2 Å². The SMILES string of the molecule is CO[SiH](CC(C)(C)C(C)C)OC. The standard InChI is InChI=1S/C9H22O2Si/c1-8(2)9(3,4)7-12(10-5)11-6/h8,12H,7H2,1-6H3. The summed E-state index contributed by atoms with van der Waals surface area (Å²) in [5.74, 6) is 0.679. The van der Waals surface area contributed by atoms with Crippen LogP contribution in [-0.2, 0) is 8.85 Å². The van der Waals surface area contributed by atoms with E-state index >= 15 is 0 Å². The van der Waals surface area contributed by atoms with Crippen molar-refractivity contribution in [1.29, 1.82) is 0 Å². The summed E-state index contributed by atoms with van der Waals surface area (Å²) in [5, 5.41) is 0. The van der Waals surface area contributed by atoms with Crippen LogP contribution in [-0.4, -0.2) is 23.5 Å². The highest BCUT2D eigenvalue weighted by Gasteiger charge is 2.28. The van der Waals surface area contributed by atoms with Crippen LogP contribution < -0.4 is 0 Å². The number of hydrogen-bond donors (Lipinski definition) is 0. The molecule has 0 aromatic rings. The Balaban J connectivity index is 4.02. The molecule has 0 unspecified atom stereocenters. The first-order chi connectivity index (χ1) is 5.44. The van der Waals surface area contributed by atoms with E-state index in [9.17, 15) is 0 Å². The third-order valence-electron chi connectivity index (χ3n) is 2.78. The second-order valence-electron chi connectivity index (χ2n) is 4.25. The van der Waals surface area contributed by atoms with Gasteiger partial charge in [-0.05, 0) is 17.4 Å². The zero-order valence-corrected chi connectivity index (χ0v) is 10.3. The first kappa shape index (κ1) is 12.1. The topological polar surface area (TPSA) is 18.5 Å². The van der Waals surface area contributed by atoms with Crippen molar-refractivity contribution >= 4 is 9.28 Å². The minimum atomic E-state index is -1.37. The first-order valence-corrected chi connectivity index (χ1v) is 6.25. The summed E-state index contributed by atoms with van der Waals surface area (Å²) in [4.78, 5) is 0. The molecule has 74 valence electrons. The highest BCUT2D eigenvalue weighted by atomic mass is 28.3. The van der Waals surface area contributed by atoms with E-state index < -0.39 is 9.28 Å². The molecule has 0 aromatic carbocycles. The molecule has 0 fully saturated rings. The highest BCUT2D eigenvalue weighted by molar-refractivity contribution is 6.44. The summed E-state index contributed by atoms with van der Waals surface area (Å²) in [5.41, 5.74) is 0.336. The summed E-state index contributed by atoms with van der Waals surface area (Å²) in [7, 11) is 2.12. The molecule has 0 aliphatic heterocycles. The third-order valence-corrected chi connectivity index (χ3v) is 5.22. The van der Waals surface area contributed by atoms with Gasteiger partial charge in [0.15, 0.2) is 0 Å². The molecule has 0 rings (SSSR count). The Morgan fingerprint density at radius 2 is 1.58 bits per heavy atom. The van der Waals surface area contributed by atoms with Gasteiger partial charge in [-0.25, -0.2) is 0 Å². The van der Waals surface area contributed by atoms with Crippen LogP contribution >= 0.6 is 0 Å². The van der Waals surface area contributed by atoms with Gasteiger partial charge in [-0.15, -0.1) is 0 Å². The van der Waals surface area contributed by atoms with Crippen LogP contribution in [0, 0.1) is 11.3 Å². The zero-order valence-electron chi connectivity index (χ0n) is 9.18. The van der Waals surface area contributed by atoms with E-state index in [2.05, 4.69) is 27.7 Å². The molecule has 0 atom stereocenters. The van der Waals surface area contributed by atoms with Crippen molar-refractivity contribution in [2.24, 2.45) is 11.3 Å². The van der Waals surface area contributed by atoms with Crippen molar-refractivity contribution in [1.82, 2.24) is 0 Å². The smallest absolute Gasteiger partial charge is 0.321 e. The fourth-order valence-electron chi connectivity index (χ4n) is 0.928.